The summed E-state index contributed by atoms with van der Waals surface area (Å²) >= 11 is 0. The Morgan fingerprint density at radius 2 is 2.36 bits per heavy atom. The molecule has 1 heterocycles. The van der Waals surface area contributed by atoms with Crippen molar-refractivity contribution < 1.29 is 15.1 Å². The zero-order valence-corrected chi connectivity index (χ0v) is 5.48. The zero-order valence-electron chi connectivity index (χ0n) is 5.48. The smallest absolute Gasteiger partial charge is 0.335 e. The molecule has 58 valence electrons. The molecule has 0 bridgehead atoms. The molecule has 0 fully saturated rings. The van der Waals surface area contributed by atoms with Crippen LogP contribution in [0.25, 0.3) is 0 Å². The van der Waals surface area contributed by atoms with Gasteiger partial charge in [-0.2, -0.15) is 0 Å². The lowest BCUT2D eigenvalue weighted by Gasteiger charge is -1.97. The molecular weight excluding hydrogens is 148 g/mol. The van der Waals surface area contributed by atoms with Crippen LogP contribution in [0.4, 0.5) is 5.82 Å². The number of rotatable bonds is 2. The second-order valence-electron chi connectivity index (χ2n) is 1.85. The minimum atomic E-state index is -1.05. The fraction of sp³-hybridized carbons (Fsp3) is 0. The topological polar surface area (TPSA) is 82.5 Å². The van der Waals surface area contributed by atoms with Crippen LogP contribution < -0.4 is 5.48 Å². The van der Waals surface area contributed by atoms with Crippen molar-refractivity contribution in [2.45, 2.75) is 0 Å². The van der Waals surface area contributed by atoms with Crippen molar-refractivity contribution in [3.05, 3.63) is 23.9 Å². The van der Waals surface area contributed by atoms with E-state index in [9.17, 15) is 4.79 Å². The average Bonchev–Trinajstić information content (AvgIpc) is 2.05. The van der Waals surface area contributed by atoms with Gasteiger partial charge in [-0.25, -0.2) is 9.78 Å². The first-order valence-electron chi connectivity index (χ1n) is 2.83. The van der Waals surface area contributed by atoms with Gasteiger partial charge in [-0.3, -0.25) is 10.7 Å². The van der Waals surface area contributed by atoms with E-state index >= 15 is 0 Å². The summed E-state index contributed by atoms with van der Waals surface area (Å²) in [6.07, 6.45) is 1.29. The number of anilines is 1. The van der Waals surface area contributed by atoms with Crippen molar-refractivity contribution in [1.29, 1.82) is 0 Å². The van der Waals surface area contributed by atoms with Crippen LogP contribution in [0.5, 0.6) is 0 Å². The Labute approximate surface area is 62.3 Å². The fourth-order valence-electron chi connectivity index (χ4n) is 0.625. The number of aromatic carboxylic acids is 1. The summed E-state index contributed by atoms with van der Waals surface area (Å²) in [5, 5.41) is 16.8. The van der Waals surface area contributed by atoms with Gasteiger partial charge in [0.2, 0.25) is 0 Å². The molecule has 0 spiro atoms. The number of hydrogen-bond acceptors (Lipinski definition) is 4. The molecule has 0 saturated heterocycles. The summed E-state index contributed by atoms with van der Waals surface area (Å²) in [6.45, 7) is 0. The van der Waals surface area contributed by atoms with E-state index in [2.05, 4.69) is 4.98 Å². The largest absolute Gasteiger partial charge is 0.478 e. The summed E-state index contributed by atoms with van der Waals surface area (Å²) in [7, 11) is 0. The normalized spacial score (nSPS) is 9.18. The van der Waals surface area contributed by atoms with E-state index in [0.29, 0.717) is 0 Å². The summed E-state index contributed by atoms with van der Waals surface area (Å²) in [6, 6.07) is 2.56. The molecule has 0 aliphatic heterocycles. The van der Waals surface area contributed by atoms with Gasteiger partial charge in [0.25, 0.3) is 0 Å². The summed E-state index contributed by atoms with van der Waals surface area (Å²) < 4.78 is 0. The van der Waals surface area contributed by atoms with Gasteiger partial charge in [-0.05, 0) is 12.1 Å². The molecule has 0 saturated carbocycles. The molecule has 1 aromatic heterocycles. The van der Waals surface area contributed by atoms with E-state index in [1.54, 1.807) is 5.48 Å². The first-order valence-corrected chi connectivity index (χ1v) is 2.83. The minimum Gasteiger partial charge on any atom is -0.478 e. The SMILES string of the molecule is O=C(O)c1ccnc(NO)c1. The first-order chi connectivity index (χ1) is 5.24. The van der Waals surface area contributed by atoms with Crippen LogP contribution in [-0.4, -0.2) is 21.3 Å². The number of pyridine rings is 1. The Bertz CT molecular complexity index is 274. The number of carbonyl (C=O) groups is 1. The molecule has 0 atom stereocenters. The molecule has 1 rings (SSSR count). The molecule has 0 amide bonds. The number of carboxylic acid groups (broad SMARTS) is 1. The molecule has 5 nitrogen and oxygen atoms in total. The molecule has 0 aromatic carbocycles. The summed E-state index contributed by atoms with van der Waals surface area (Å²) in [5.74, 6) is -0.936. The van der Waals surface area contributed by atoms with Crippen LogP contribution >= 0.6 is 0 Å². The molecule has 0 unspecified atom stereocenters. The molecule has 0 aliphatic rings. The Balaban J connectivity index is 3.01. The van der Waals surface area contributed by atoms with E-state index in [1.165, 1.54) is 18.3 Å². The van der Waals surface area contributed by atoms with Crippen LogP contribution in [0.3, 0.4) is 0 Å². The van der Waals surface area contributed by atoms with Gasteiger partial charge < -0.3 is 5.11 Å². The van der Waals surface area contributed by atoms with Crippen molar-refractivity contribution in [2.75, 3.05) is 5.48 Å². The van der Waals surface area contributed by atoms with Gasteiger partial charge in [0.15, 0.2) is 0 Å². The van der Waals surface area contributed by atoms with Crippen LogP contribution in [0.1, 0.15) is 10.4 Å². The molecular formula is C6H6N2O3. The molecule has 3 N–H and O–H groups in total. The maximum absolute atomic E-state index is 10.3. The van der Waals surface area contributed by atoms with Crippen LogP contribution in [0.15, 0.2) is 18.3 Å². The van der Waals surface area contributed by atoms with E-state index in [0.717, 1.165) is 0 Å². The summed E-state index contributed by atoms with van der Waals surface area (Å²) in [4.78, 5) is 13.9. The standard InChI is InChI=1S/C6H6N2O3/c9-6(10)4-1-2-7-5(3-4)8-11/h1-3,11H,(H,7,8)(H,9,10). The van der Waals surface area contributed by atoms with Crippen LogP contribution in [0.2, 0.25) is 0 Å². The van der Waals surface area contributed by atoms with Gasteiger partial charge in [0.05, 0.1) is 5.56 Å². The van der Waals surface area contributed by atoms with Crippen molar-refractivity contribution in [1.82, 2.24) is 4.98 Å². The molecule has 0 aliphatic carbocycles. The first kappa shape index (κ1) is 7.49. The van der Waals surface area contributed by atoms with Gasteiger partial charge in [-0.1, -0.05) is 0 Å². The highest BCUT2D eigenvalue weighted by Crippen LogP contribution is 2.04. The van der Waals surface area contributed by atoms with E-state index in [1.807, 2.05) is 0 Å². The third kappa shape index (κ3) is 1.65. The van der Waals surface area contributed by atoms with Crippen LogP contribution in [0, 0.1) is 0 Å². The Morgan fingerprint density at radius 1 is 1.64 bits per heavy atom. The quantitative estimate of drug-likeness (QED) is 0.543. The zero-order chi connectivity index (χ0) is 8.27. The van der Waals surface area contributed by atoms with Crippen LogP contribution in [-0.2, 0) is 0 Å². The molecule has 11 heavy (non-hydrogen) atoms. The number of carboxylic acids is 1. The Hall–Kier alpha value is -1.62. The Morgan fingerprint density at radius 3 is 2.91 bits per heavy atom. The summed E-state index contributed by atoms with van der Waals surface area (Å²) in [5.41, 5.74) is 1.83. The number of nitrogens with zero attached hydrogens (tertiary/aromatic N) is 1. The van der Waals surface area contributed by atoms with E-state index in [-0.39, 0.29) is 11.4 Å². The van der Waals surface area contributed by atoms with Gasteiger partial charge >= 0.3 is 5.97 Å². The predicted octanol–water partition coefficient (Wildman–Crippen LogP) is 0.581. The average molecular weight is 154 g/mol. The van der Waals surface area contributed by atoms with E-state index < -0.39 is 5.97 Å². The number of nitrogens with one attached hydrogen (secondary N) is 1. The maximum atomic E-state index is 10.3. The van der Waals surface area contributed by atoms with Crippen molar-refractivity contribution >= 4 is 11.8 Å². The van der Waals surface area contributed by atoms with Crippen molar-refractivity contribution in [2.24, 2.45) is 0 Å². The lowest BCUT2D eigenvalue weighted by atomic mass is 10.3. The molecule has 1 aromatic rings. The third-order valence-corrected chi connectivity index (χ3v) is 1.12. The second kappa shape index (κ2) is 2.98. The van der Waals surface area contributed by atoms with E-state index in [4.69, 9.17) is 10.3 Å². The number of aromatic nitrogens is 1. The highest BCUT2D eigenvalue weighted by Gasteiger charge is 2.02. The maximum Gasteiger partial charge on any atom is 0.335 e. The number of hydrogen-bond donors (Lipinski definition) is 3. The highest BCUT2D eigenvalue weighted by atomic mass is 16.5. The third-order valence-electron chi connectivity index (χ3n) is 1.12. The predicted molar refractivity (Wildman–Crippen MR) is 36.6 cm³/mol. The van der Waals surface area contributed by atoms with Gasteiger partial charge in [0, 0.05) is 6.20 Å². The van der Waals surface area contributed by atoms with Crippen molar-refractivity contribution in [3.63, 3.8) is 0 Å². The molecule has 5 heteroatoms. The fourth-order valence-corrected chi connectivity index (χ4v) is 0.625. The lowest BCUT2D eigenvalue weighted by molar-refractivity contribution is 0.0697. The lowest BCUT2D eigenvalue weighted by Crippen LogP contribution is -1.99. The minimum absolute atomic E-state index is 0.0801. The molecule has 0 radical (unpaired) electrons. The highest BCUT2D eigenvalue weighted by molar-refractivity contribution is 5.88. The Kier molecular flexibility index (Phi) is 2.03. The monoisotopic (exact) mass is 154 g/mol. The van der Waals surface area contributed by atoms with Crippen molar-refractivity contribution in [3.8, 4) is 0 Å². The second-order valence-corrected chi connectivity index (χ2v) is 1.85. The van der Waals surface area contributed by atoms with Gasteiger partial charge in [-0.15, -0.1) is 0 Å². The van der Waals surface area contributed by atoms with Gasteiger partial charge in [0.1, 0.15) is 5.82 Å².